The Labute approximate surface area is 177 Å². The van der Waals surface area contributed by atoms with Gasteiger partial charge in [-0.05, 0) is 39.4 Å². The molecule has 3 nitrogen and oxygen atoms in total. The highest BCUT2D eigenvalue weighted by molar-refractivity contribution is 7.88. The van der Waals surface area contributed by atoms with Crippen LogP contribution in [0.2, 0.25) is 0 Å². The van der Waals surface area contributed by atoms with Crippen LogP contribution in [0.1, 0.15) is 17.8 Å². The molecule has 4 rings (SSSR count). The van der Waals surface area contributed by atoms with Crippen molar-refractivity contribution in [3.63, 3.8) is 0 Å². The molecule has 0 heterocycles. The van der Waals surface area contributed by atoms with Gasteiger partial charge in [0.25, 0.3) is 0 Å². The fourth-order valence-electron chi connectivity index (χ4n) is 2.23. The largest absolute Gasteiger partial charge is 0.534 e. The summed E-state index contributed by atoms with van der Waals surface area (Å²) in [6.07, 6.45) is 0. The molecule has 142 valence electrons. The third-order valence-corrected chi connectivity index (χ3v) is 4.40. The zero-order chi connectivity index (χ0) is 31.3. The van der Waals surface area contributed by atoms with Crippen LogP contribution in [0, 0.1) is 0 Å². The van der Waals surface area contributed by atoms with Gasteiger partial charge in [0.15, 0.2) is 5.75 Å². The van der Waals surface area contributed by atoms with Gasteiger partial charge in [0.1, 0.15) is 0 Å². The summed E-state index contributed by atoms with van der Waals surface area (Å²) in [6.45, 7) is 0. The monoisotopic (exact) mass is 415 g/mol. The Morgan fingerprint density at radius 3 is 2.21 bits per heavy atom. The molecule has 0 saturated heterocycles. The van der Waals surface area contributed by atoms with Crippen molar-refractivity contribution in [2.75, 3.05) is 0 Å². The topological polar surface area (TPSA) is 43.4 Å². The van der Waals surface area contributed by atoms with E-state index in [4.69, 9.17) is 17.8 Å². The lowest BCUT2D eigenvalue weighted by Crippen LogP contribution is -2.28. The lowest BCUT2D eigenvalue weighted by Gasteiger charge is -2.13. The molecule has 4 aromatic carbocycles. The van der Waals surface area contributed by atoms with Gasteiger partial charge in [-0.25, -0.2) is 0 Å². The Kier molecular flexibility index (Phi) is 1.99. The van der Waals surface area contributed by atoms with E-state index in [1.165, 1.54) is 0 Å². The minimum Gasteiger partial charge on any atom is -0.375 e. The molecule has 28 heavy (non-hydrogen) atoms. The minimum atomic E-state index is -6.53. The second kappa shape index (κ2) is 6.53. The zero-order valence-electron chi connectivity index (χ0n) is 26.3. The Balaban J connectivity index is 2.35. The highest BCUT2D eigenvalue weighted by atomic mass is 32.2. The second-order valence-corrected chi connectivity index (χ2v) is 6.73. The van der Waals surface area contributed by atoms with E-state index < -0.39 is 133 Å². The van der Waals surface area contributed by atoms with Gasteiger partial charge in [-0.3, -0.25) is 0 Å². The molecule has 0 saturated carbocycles. The molecular weight excluding hydrogens is 389 g/mol. The summed E-state index contributed by atoms with van der Waals surface area (Å²) in [5.41, 5.74) is -7.74. The minimum absolute atomic E-state index is 0.560. The number of rotatable bonds is 3. The molecule has 0 spiro atoms. The van der Waals surface area contributed by atoms with E-state index in [1.807, 2.05) is 0 Å². The maximum atomic E-state index is 13.1. The van der Waals surface area contributed by atoms with Gasteiger partial charge in [-0.15, -0.1) is 0 Å². The van der Waals surface area contributed by atoms with Crippen LogP contribution in [-0.2, 0) is 10.1 Å². The second-order valence-electron chi connectivity index (χ2n) is 5.19. The molecule has 0 unspecified atom stereocenters. The van der Waals surface area contributed by atoms with E-state index in [0.717, 1.165) is 0 Å². The number of hydrogen-bond acceptors (Lipinski definition) is 3. The van der Waals surface area contributed by atoms with Gasteiger partial charge in [0.2, 0.25) is 0 Å². The SMILES string of the molecule is [2H]c1c([2H])c([2H])c2c([2H])c(-c3c([2H])c([2H])c([2H])c4c(OS(=O)(=O)C(F)(F)F)c([2H])c([2H])c([2H])c34)c([2H])c([2H])c2c1[2H]. The Hall–Kier alpha value is -3.06. The number of benzene rings is 4. The highest BCUT2D eigenvalue weighted by Crippen LogP contribution is 2.36. The molecule has 0 aromatic heterocycles. The first-order chi connectivity index (χ1) is 18.7. The molecular formula is C21H13F3O3S. The summed E-state index contributed by atoms with van der Waals surface area (Å²) in [4.78, 5) is 0. The molecule has 4 aromatic rings. The van der Waals surface area contributed by atoms with Crippen LogP contribution in [0.5, 0.6) is 5.75 Å². The average Bonchev–Trinajstić information content (AvgIpc) is 2.88. The molecule has 0 aliphatic heterocycles. The maximum Gasteiger partial charge on any atom is 0.534 e. The maximum absolute atomic E-state index is 13.1. The summed E-state index contributed by atoms with van der Waals surface area (Å²) in [5, 5.41) is -3.21. The molecule has 0 radical (unpaired) electrons. The summed E-state index contributed by atoms with van der Waals surface area (Å²) in [6, 6.07) is -13.1. The van der Waals surface area contributed by atoms with Gasteiger partial charge in [-0.2, -0.15) is 21.6 Å². The van der Waals surface area contributed by atoms with E-state index in [0.29, 0.717) is 0 Å². The van der Waals surface area contributed by atoms with Crippen molar-refractivity contribution in [3.8, 4) is 16.9 Å². The van der Waals surface area contributed by atoms with Gasteiger partial charge in [0.05, 0.1) is 17.8 Å². The first-order valence-corrected chi connectivity index (χ1v) is 8.63. The van der Waals surface area contributed by atoms with Crippen molar-refractivity contribution < 1.29 is 43.6 Å². The summed E-state index contributed by atoms with van der Waals surface area (Å²) < 4.78 is 174. The molecule has 0 aliphatic rings. The molecule has 0 amide bonds. The van der Waals surface area contributed by atoms with E-state index in [1.54, 1.807) is 0 Å². The first-order valence-electron chi connectivity index (χ1n) is 13.7. The molecule has 0 fully saturated rings. The van der Waals surface area contributed by atoms with Gasteiger partial charge in [-0.1, -0.05) is 66.5 Å². The fourth-order valence-corrected chi connectivity index (χ4v) is 2.67. The molecule has 7 heteroatoms. The van der Waals surface area contributed by atoms with Crippen molar-refractivity contribution in [3.05, 3.63) is 78.6 Å². The normalized spacial score (nSPS) is 18.9. The molecule has 0 atom stereocenters. The fraction of sp³-hybridized carbons (Fsp3) is 0.0476. The summed E-state index contributed by atoms with van der Waals surface area (Å²) in [5.74, 6) is -1.58. The van der Waals surface area contributed by atoms with E-state index >= 15 is 0 Å². The van der Waals surface area contributed by atoms with Crippen LogP contribution < -0.4 is 4.18 Å². The van der Waals surface area contributed by atoms with Crippen molar-refractivity contribution >= 4 is 31.7 Å². The van der Waals surface area contributed by atoms with Crippen molar-refractivity contribution in [2.45, 2.75) is 5.51 Å². The average molecular weight is 415 g/mol. The molecule has 0 N–H and O–H groups in total. The van der Waals surface area contributed by atoms with Crippen LogP contribution in [0.25, 0.3) is 32.7 Å². The summed E-state index contributed by atoms with van der Waals surface area (Å²) >= 11 is 0. The van der Waals surface area contributed by atoms with Crippen LogP contribution in [0.15, 0.2) is 78.6 Å². The number of fused-ring (bicyclic) bond motifs is 2. The number of hydrogen-bond donors (Lipinski definition) is 0. The van der Waals surface area contributed by atoms with Gasteiger partial charge in [0, 0.05) is 5.39 Å². The Morgan fingerprint density at radius 1 is 0.786 bits per heavy atom. The van der Waals surface area contributed by atoms with Crippen LogP contribution in [-0.4, -0.2) is 13.9 Å². The predicted molar refractivity (Wildman–Crippen MR) is 102 cm³/mol. The van der Waals surface area contributed by atoms with Crippen LogP contribution >= 0.6 is 0 Å². The molecule has 0 aliphatic carbocycles. The van der Waals surface area contributed by atoms with E-state index in [9.17, 15) is 21.6 Å². The zero-order valence-corrected chi connectivity index (χ0v) is 14.1. The molecule has 0 bridgehead atoms. The van der Waals surface area contributed by atoms with Crippen molar-refractivity contribution in [2.24, 2.45) is 0 Å². The smallest absolute Gasteiger partial charge is 0.375 e. The van der Waals surface area contributed by atoms with Crippen molar-refractivity contribution in [1.29, 1.82) is 0 Å². The third-order valence-electron chi connectivity index (χ3n) is 3.44. The quantitative estimate of drug-likeness (QED) is 0.310. The van der Waals surface area contributed by atoms with Gasteiger partial charge < -0.3 is 4.18 Å². The Morgan fingerprint density at radius 2 is 1.46 bits per heavy atom. The van der Waals surface area contributed by atoms with Crippen LogP contribution in [0.3, 0.4) is 0 Å². The lowest BCUT2D eigenvalue weighted by molar-refractivity contribution is -0.0499. The van der Waals surface area contributed by atoms with E-state index in [2.05, 4.69) is 4.18 Å². The highest BCUT2D eigenvalue weighted by Gasteiger charge is 2.48. The standard InChI is InChI=1S/C21H13F3O3S/c22-21(23,24)28(25,26)27-20-10-4-8-18-17(7-3-9-19(18)20)16-12-11-14-5-1-2-6-15(14)13-16/h1-13H/i1D,2D,3D,4D,5D,6D,7D,8D,9D,10D,11D,12D,13D. The number of alkyl halides is 3. The Bertz CT molecular complexity index is 1960. The number of halogens is 3. The predicted octanol–water partition coefficient (Wildman–Crippen LogP) is 5.89. The first kappa shape index (κ1) is 8.53. The summed E-state index contributed by atoms with van der Waals surface area (Å²) in [7, 11) is -6.53. The van der Waals surface area contributed by atoms with E-state index in [-0.39, 0.29) is 0 Å². The van der Waals surface area contributed by atoms with Crippen LogP contribution in [0.4, 0.5) is 13.2 Å². The van der Waals surface area contributed by atoms with Crippen molar-refractivity contribution in [1.82, 2.24) is 0 Å². The lowest BCUT2D eigenvalue weighted by atomic mass is 9.96. The van der Waals surface area contributed by atoms with Gasteiger partial charge >= 0.3 is 15.6 Å². The third kappa shape index (κ3) is 3.18.